The van der Waals surface area contributed by atoms with Crippen molar-refractivity contribution in [1.29, 1.82) is 0 Å². The van der Waals surface area contributed by atoms with Gasteiger partial charge in [-0.2, -0.15) is 4.31 Å². The normalized spacial score (nSPS) is 22.9. The molecule has 0 saturated carbocycles. The molecule has 47 heavy (non-hydrogen) atoms. The summed E-state index contributed by atoms with van der Waals surface area (Å²) in [5, 5.41) is 20.5. The lowest BCUT2D eigenvalue weighted by Crippen LogP contribution is -2.51. The Hall–Kier alpha value is -3.49. The average molecular weight is 671 g/mol. The summed E-state index contributed by atoms with van der Waals surface area (Å²) in [5.41, 5.74) is 2.94. The molecule has 2 amide bonds. The molecule has 2 aromatic rings. The first-order valence-electron chi connectivity index (χ1n) is 16.3. The van der Waals surface area contributed by atoms with Crippen molar-refractivity contribution in [2.75, 3.05) is 38.2 Å². The van der Waals surface area contributed by atoms with E-state index in [4.69, 9.17) is 14.2 Å². The van der Waals surface area contributed by atoms with Gasteiger partial charge in [-0.25, -0.2) is 13.2 Å². The maximum absolute atomic E-state index is 14.2. The lowest BCUT2D eigenvalue weighted by atomic mass is 10.0. The lowest BCUT2D eigenvalue weighted by Gasteiger charge is -2.31. The van der Waals surface area contributed by atoms with Crippen molar-refractivity contribution in [2.24, 2.45) is 11.8 Å². The number of carbonyl (C=O) groups is 2. The topological polar surface area (TPSA) is 156 Å². The van der Waals surface area contributed by atoms with Crippen LogP contribution in [0.5, 0.6) is 0 Å². The smallest absolute Gasteiger partial charge is 0.407 e. The Morgan fingerprint density at radius 3 is 2.64 bits per heavy atom. The number of nitrogens with one attached hydrogen (secondary N) is 3. The van der Waals surface area contributed by atoms with Gasteiger partial charge in [-0.15, -0.1) is 0 Å². The average Bonchev–Trinajstić information content (AvgIpc) is 3.74. The van der Waals surface area contributed by atoms with Crippen LogP contribution in [0.3, 0.4) is 0 Å². The van der Waals surface area contributed by atoms with Crippen molar-refractivity contribution in [3.63, 3.8) is 0 Å². The third kappa shape index (κ3) is 8.15. The van der Waals surface area contributed by atoms with Gasteiger partial charge in [0.15, 0.2) is 6.29 Å². The molecule has 2 saturated heterocycles. The number of ether oxygens (including phenoxy) is 3. The molecule has 2 aromatic carbocycles. The van der Waals surface area contributed by atoms with E-state index in [1.807, 2.05) is 51.1 Å². The molecule has 0 aromatic heterocycles. The number of alkyl carbamates (subject to hydrolysis) is 1. The number of benzene rings is 2. The molecule has 5 unspecified atom stereocenters. The zero-order valence-corrected chi connectivity index (χ0v) is 28.2. The van der Waals surface area contributed by atoms with Crippen molar-refractivity contribution in [2.45, 2.75) is 76.4 Å². The molecular formula is C34H46N4O8S. The van der Waals surface area contributed by atoms with Gasteiger partial charge in [-0.1, -0.05) is 51.1 Å². The summed E-state index contributed by atoms with van der Waals surface area (Å²) in [7, 11) is -4.14. The predicted octanol–water partition coefficient (Wildman–Crippen LogP) is 3.48. The van der Waals surface area contributed by atoms with Crippen LogP contribution in [0.4, 0.5) is 10.5 Å². The maximum Gasteiger partial charge on any atom is 0.407 e. The Bertz CT molecular complexity index is 1560. The molecule has 0 bridgehead atoms. The highest BCUT2D eigenvalue weighted by atomic mass is 32.2. The minimum Gasteiger partial charge on any atom is -0.443 e. The molecule has 0 radical (unpaired) electrons. The summed E-state index contributed by atoms with van der Waals surface area (Å²) in [6.07, 6.45) is -1.03. The molecular weight excluding hydrogens is 624 g/mol. The minimum atomic E-state index is -4.14. The second-order valence-corrected chi connectivity index (χ2v) is 14.7. The van der Waals surface area contributed by atoms with Crippen LogP contribution >= 0.6 is 0 Å². The third-order valence-electron chi connectivity index (χ3n) is 8.66. The van der Waals surface area contributed by atoms with E-state index in [2.05, 4.69) is 16.0 Å². The van der Waals surface area contributed by atoms with Crippen LogP contribution in [0.1, 0.15) is 51.7 Å². The number of nitrogens with zero attached hydrogens (tertiary/aromatic N) is 1. The highest BCUT2D eigenvalue weighted by molar-refractivity contribution is 7.89. The van der Waals surface area contributed by atoms with Crippen LogP contribution in [0.2, 0.25) is 0 Å². The van der Waals surface area contributed by atoms with E-state index in [9.17, 15) is 23.1 Å². The summed E-state index contributed by atoms with van der Waals surface area (Å²) in [4.78, 5) is 26.0. The standard InChI is InChI=1S/C34H46N4O8S/c1-5-14-35-22(4)31-26-17-24(11-12-27(26)36-32(31)40)47(42,43)38(18-21(2)3)19-29(39)28(16-23-9-7-6-8-10-23)37-34(41)46-30-20-45-33-25(30)13-15-44-33/h6-12,17,21,25,28-30,33,35,39H,5,13-16,18-20H2,1-4H3,(H,36,40)(H,37,41). The second-order valence-electron chi connectivity index (χ2n) is 12.8. The molecule has 3 aliphatic heterocycles. The number of sulfonamides is 1. The summed E-state index contributed by atoms with van der Waals surface area (Å²) < 4.78 is 46.5. The van der Waals surface area contributed by atoms with Crippen molar-refractivity contribution in [1.82, 2.24) is 14.9 Å². The van der Waals surface area contributed by atoms with E-state index < -0.39 is 34.4 Å². The van der Waals surface area contributed by atoms with Gasteiger partial charge in [0.1, 0.15) is 6.10 Å². The first-order valence-corrected chi connectivity index (χ1v) is 17.7. The second kappa shape index (κ2) is 15.2. The number of allylic oxidation sites excluding steroid dienone is 1. The molecule has 3 aliphatic rings. The number of aliphatic hydroxyl groups is 1. The zero-order chi connectivity index (χ0) is 33.7. The minimum absolute atomic E-state index is 0.00272. The van der Waals surface area contributed by atoms with Crippen molar-refractivity contribution >= 4 is 33.3 Å². The fourth-order valence-electron chi connectivity index (χ4n) is 6.26. The number of anilines is 1. The molecule has 13 heteroatoms. The van der Waals surface area contributed by atoms with Crippen LogP contribution in [-0.4, -0.2) is 87.2 Å². The maximum atomic E-state index is 14.2. The number of amides is 2. The molecule has 0 aliphatic carbocycles. The van der Waals surface area contributed by atoms with E-state index in [1.54, 1.807) is 13.0 Å². The van der Waals surface area contributed by atoms with E-state index in [0.29, 0.717) is 35.7 Å². The van der Waals surface area contributed by atoms with Crippen molar-refractivity contribution in [3.8, 4) is 0 Å². The van der Waals surface area contributed by atoms with Crippen LogP contribution in [0, 0.1) is 11.8 Å². The van der Waals surface area contributed by atoms with Crippen LogP contribution in [0.25, 0.3) is 5.57 Å². The summed E-state index contributed by atoms with van der Waals surface area (Å²) in [6.45, 7) is 8.88. The Morgan fingerprint density at radius 2 is 1.91 bits per heavy atom. The molecule has 0 spiro atoms. The monoisotopic (exact) mass is 670 g/mol. The Morgan fingerprint density at radius 1 is 1.15 bits per heavy atom. The number of carbonyl (C=O) groups excluding carboxylic acids is 2. The van der Waals surface area contributed by atoms with Gasteiger partial charge in [0.2, 0.25) is 10.0 Å². The molecule has 5 rings (SSSR count). The fourth-order valence-corrected chi connectivity index (χ4v) is 7.91. The first kappa shape index (κ1) is 34.8. The van der Waals surface area contributed by atoms with Crippen LogP contribution in [0.15, 0.2) is 59.1 Å². The fraction of sp³-hybridized carbons (Fsp3) is 0.529. The van der Waals surface area contributed by atoms with Crippen LogP contribution in [-0.2, 0) is 35.4 Å². The van der Waals surface area contributed by atoms with Gasteiger partial charge >= 0.3 is 6.09 Å². The quantitative estimate of drug-likeness (QED) is 0.221. The molecule has 2 fully saturated rings. The molecule has 4 N–H and O–H groups in total. The number of hydrogen-bond acceptors (Lipinski definition) is 9. The molecule has 5 atom stereocenters. The van der Waals surface area contributed by atoms with Gasteiger partial charge in [0.05, 0.1) is 41.7 Å². The zero-order valence-electron chi connectivity index (χ0n) is 27.4. The van der Waals surface area contributed by atoms with Gasteiger partial charge in [-0.05, 0) is 55.9 Å². The SMILES string of the molecule is CCCNC(C)=C1C(=O)Nc2ccc(S(=O)(=O)N(CC(C)C)CC(O)C(Cc3ccccc3)NC(=O)OC3COC4OCCC34)cc21. The van der Waals surface area contributed by atoms with Crippen LogP contribution < -0.4 is 16.0 Å². The molecule has 3 heterocycles. The Labute approximate surface area is 276 Å². The number of rotatable bonds is 14. The van der Waals surface area contributed by atoms with Crippen molar-refractivity contribution in [3.05, 3.63) is 65.4 Å². The Kier molecular flexibility index (Phi) is 11.2. The molecule has 256 valence electrons. The first-order chi connectivity index (χ1) is 22.5. The third-order valence-corrected chi connectivity index (χ3v) is 10.5. The van der Waals surface area contributed by atoms with E-state index in [-0.39, 0.29) is 55.0 Å². The van der Waals surface area contributed by atoms with E-state index in [1.165, 1.54) is 16.4 Å². The summed E-state index contributed by atoms with van der Waals surface area (Å²) in [6, 6.07) is 13.0. The number of fused-ring (bicyclic) bond motifs is 2. The molecule has 12 nitrogen and oxygen atoms in total. The van der Waals surface area contributed by atoms with Crippen molar-refractivity contribution < 1.29 is 37.3 Å². The van der Waals surface area contributed by atoms with E-state index >= 15 is 0 Å². The number of aliphatic hydroxyl groups excluding tert-OH is 1. The van der Waals surface area contributed by atoms with Gasteiger partial charge < -0.3 is 35.3 Å². The van der Waals surface area contributed by atoms with Gasteiger partial charge in [0.25, 0.3) is 5.91 Å². The summed E-state index contributed by atoms with van der Waals surface area (Å²) in [5.74, 6) is -0.420. The number of hydrogen-bond donors (Lipinski definition) is 4. The highest BCUT2D eigenvalue weighted by Crippen LogP contribution is 2.36. The predicted molar refractivity (Wildman–Crippen MR) is 177 cm³/mol. The van der Waals surface area contributed by atoms with Gasteiger partial charge in [-0.3, -0.25) is 4.79 Å². The highest BCUT2D eigenvalue weighted by Gasteiger charge is 2.44. The Balaban J connectivity index is 1.38. The largest absolute Gasteiger partial charge is 0.443 e. The summed E-state index contributed by atoms with van der Waals surface area (Å²) >= 11 is 0. The lowest BCUT2D eigenvalue weighted by molar-refractivity contribution is -0.110. The van der Waals surface area contributed by atoms with Gasteiger partial charge in [0, 0.05) is 36.6 Å². The van der Waals surface area contributed by atoms with E-state index in [0.717, 1.165) is 18.4 Å².